The zero-order valence-electron chi connectivity index (χ0n) is 9.52. The molecular weight excluding hydrogens is 288 g/mol. The summed E-state index contributed by atoms with van der Waals surface area (Å²) in [5.74, 6) is 0.709. The largest absolute Gasteiger partial charge is 0.452 e. The fourth-order valence-corrected chi connectivity index (χ4v) is 2.26. The highest BCUT2D eigenvalue weighted by Crippen LogP contribution is 2.16. The van der Waals surface area contributed by atoms with E-state index in [-0.39, 0.29) is 11.9 Å². The SMILES string of the molecule is CN(Cc1ccc(Br)o1)C(=O)C1CC(O)CN1. The van der Waals surface area contributed by atoms with Gasteiger partial charge in [0.1, 0.15) is 5.76 Å². The Morgan fingerprint density at radius 3 is 3.00 bits per heavy atom. The molecule has 2 rings (SSSR count). The highest BCUT2D eigenvalue weighted by Gasteiger charge is 2.30. The molecule has 2 heterocycles. The van der Waals surface area contributed by atoms with Crippen LogP contribution in [0.4, 0.5) is 0 Å². The summed E-state index contributed by atoms with van der Waals surface area (Å²) in [7, 11) is 1.73. The molecule has 1 saturated heterocycles. The van der Waals surface area contributed by atoms with Gasteiger partial charge in [0.2, 0.25) is 5.91 Å². The predicted molar refractivity (Wildman–Crippen MR) is 65.3 cm³/mol. The Morgan fingerprint density at radius 1 is 1.71 bits per heavy atom. The second-order valence-corrected chi connectivity index (χ2v) is 5.03. The van der Waals surface area contributed by atoms with E-state index in [9.17, 15) is 9.90 Å². The van der Waals surface area contributed by atoms with Crippen LogP contribution in [0.2, 0.25) is 0 Å². The normalized spacial score (nSPS) is 23.9. The second kappa shape index (κ2) is 5.20. The zero-order chi connectivity index (χ0) is 12.4. The number of halogens is 1. The first-order chi connectivity index (χ1) is 8.06. The van der Waals surface area contributed by atoms with Gasteiger partial charge in [-0.15, -0.1) is 0 Å². The summed E-state index contributed by atoms with van der Waals surface area (Å²) >= 11 is 3.22. The van der Waals surface area contributed by atoms with E-state index in [4.69, 9.17) is 4.42 Å². The summed E-state index contributed by atoms with van der Waals surface area (Å²) in [5, 5.41) is 12.4. The minimum absolute atomic E-state index is 0.0194. The van der Waals surface area contributed by atoms with Gasteiger partial charge >= 0.3 is 0 Å². The first-order valence-electron chi connectivity index (χ1n) is 5.47. The third kappa shape index (κ3) is 3.08. The van der Waals surface area contributed by atoms with Crippen LogP contribution in [0.25, 0.3) is 0 Å². The van der Waals surface area contributed by atoms with Crippen LogP contribution >= 0.6 is 15.9 Å². The maximum atomic E-state index is 12.0. The topological polar surface area (TPSA) is 65.7 Å². The maximum absolute atomic E-state index is 12.0. The van der Waals surface area contributed by atoms with Crippen molar-refractivity contribution in [1.82, 2.24) is 10.2 Å². The minimum Gasteiger partial charge on any atom is -0.452 e. The average Bonchev–Trinajstić information content (AvgIpc) is 2.87. The van der Waals surface area contributed by atoms with E-state index in [1.807, 2.05) is 6.07 Å². The van der Waals surface area contributed by atoms with Crippen LogP contribution < -0.4 is 5.32 Å². The molecule has 1 amide bonds. The summed E-state index contributed by atoms with van der Waals surface area (Å²) in [6.07, 6.45) is 0.0560. The Bertz CT molecular complexity index is 407. The number of aliphatic hydroxyl groups is 1. The molecule has 17 heavy (non-hydrogen) atoms. The molecule has 5 nitrogen and oxygen atoms in total. The maximum Gasteiger partial charge on any atom is 0.239 e. The van der Waals surface area contributed by atoms with Crippen molar-refractivity contribution in [1.29, 1.82) is 0 Å². The minimum atomic E-state index is -0.421. The zero-order valence-corrected chi connectivity index (χ0v) is 11.1. The van der Waals surface area contributed by atoms with Crippen molar-refractivity contribution >= 4 is 21.8 Å². The van der Waals surface area contributed by atoms with Crippen LogP contribution in [0.15, 0.2) is 21.2 Å². The summed E-state index contributed by atoms with van der Waals surface area (Å²) in [4.78, 5) is 13.6. The molecule has 0 saturated carbocycles. The second-order valence-electron chi connectivity index (χ2n) is 4.25. The molecule has 0 spiro atoms. The van der Waals surface area contributed by atoms with Gasteiger partial charge in [-0.3, -0.25) is 4.79 Å². The molecule has 1 aliphatic heterocycles. The van der Waals surface area contributed by atoms with Gasteiger partial charge in [0.05, 0.1) is 18.7 Å². The Kier molecular flexibility index (Phi) is 3.86. The third-order valence-electron chi connectivity index (χ3n) is 2.80. The van der Waals surface area contributed by atoms with Crippen molar-refractivity contribution in [3.63, 3.8) is 0 Å². The van der Waals surface area contributed by atoms with E-state index in [2.05, 4.69) is 21.2 Å². The summed E-state index contributed by atoms with van der Waals surface area (Å²) < 4.78 is 6.00. The van der Waals surface area contributed by atoms with Crippen LogP contribution in [0, 0.1) is 0 Å². The average molecular weight is 303 g/mol. The number of nitrogens with zero attached hydrogens (tertiary/aromatic N) is 1. The number of aliphatic hydroxyl groups excluding tert-OH is 1. The Labute approximate surface area is 108 Å². The Hall–Kier alpha value is -0.850. The Morgan fingerprint density at radius 2 is 2.47 bits per heavy atom. The number of rotatable bonds is 3. The molecule has 1 aliphatic rings. The van der Waals surface area contributed by atoms with Crippen molar-refractivity contribution in [3.05, 3.63) is 22.6 Å². The van der Waals surface area contributed by atoms with Gasteiger partial charge < -0.3 is 19.7 Å². The number of likely N-dealkylation sites (N-methyl/N-ethyl adjacent to an activating group) is 1. The Balaban J connectivity index is 1.91. The van der Waals surface area contributed by atoms with E-state index in [0.717, 1.165) is 5.76 Å². The number of nitrogens with one attached hydrogen (secondary N) is 1. The lowest BCUT2D eigenvalue weighted by Crippen LogP contribution is -2.41. The first-order valence-corrected chi connectivity index (χ1v) is 6.26. The van der Waals surface area contributed by atoms with Gasteiger partial charge in [-0.1, -0.05) is 0 Å². The molecule has 1 aromatic rings. The van der Waals surface area contributed by atoms with Crippen molar-refractivity contribution in [2.24, 2.45) is 0 Å². The van der Waals surface area contributed by atoms with Crippen LogP contribution in [0.1, 0.15) is 12.2 Å². The van der Waals surface area contributed by atoms with Gasteiger partial charge in [-0.2, -0.15) is 0 Å². The van der Waals surface area contributed by atoms with E-state index in [0.29, 0.717) is 24.2 Å². The van der Waals surface area contributed by atoms with Crippen molar-refractivity contribution in [3.8, 4) is 0 Å². The number of carbonyl (C=O) groups excluding carboxylic acids is 1. The van der Waals surface area contributed by atoms with Crippen molar-refractivity contribution in [2.45, 2.75) is 25.1 Å². The van der Waals surface area contributed by atoms with E-state index in [1.54, 1.807) is 18.0 Å². The quantitative estimate of drug-likeness (QED) is 0.864. The molecule has 6 heteroatoms. The van der Waals surface area contributed by atoms with Gasteiger partial charge in [-0.05, 0) is 34.5 Å². The summed E-state index contributed by atoms with van der Waals surface area (Å²) in [6.45, 7) is 0.912. The number of amides is 1. The molecule has 0 aliphatic carbocycles. The van der Waals surface area contributed by atoms with Gasteiger partial charge in [0, 0.05) is 13.6 Å². The molecule has 0 aromatic carbocycles. The lowest BCUT2D eigenvalue weighted by atomic mass is 10.2. The molecule has 2 atom stereocenters. The third-order valence-corrected chi connectivity index (χ3v) is 3.23. The predicted octanol–water partition coefficient (Wildman–Crippen LogP) is 0.723. The number of hydrogen-bond donors (Lipinski definition) is 2. The molecule has 2 unspecified atom stereocenters. The number of furan rings is 1. The molecule has 0 bridgehead atoms. The monoisotopic (exact) mass is 302 g/mol. The van der Waals surface area contributed by atoms with Crippen molar-refractivity contribution in [2.75, 3.05) is 13.6 Å². The van der Waals surface area contributed by atoms with Gasteiger partial charge in [0.25, 0.3) is 0 Å². The van der Waals surface area contributed by atoms with E-state index in [1.165, 1.54) is 0 Å². The molecule has 1 fully saturated rings. The van der Waals surface area contributed by atoms with Gasteiger partial charge in [-0.25, -0.2) is 0 Å². The number of carbonyl (C=O) groups is 1. The van der Waals surface area contributed by atoms with Crippen LogP contribution in [-0.4, -0.2) is 41.7 Å². The molecule has 2 N–H and O–H groups in total. The molecular formula is C11H15BrN2O3. The smallest absolute Gasteiger partial charge is 0.239 e. The molecule has 0 radical (unpaired) electrons. The van der Waals surface area contributed by atoms with Crippen LogP contribution in [-0.2, 0) is 11.3 Å². The standard InChI is InChI=1S/C11H15BrN2O3/c1-14(6-8-2-3-10(12)17-8)11(16)9-4-7(15)5-13-9/h2-3,7,9,13,15H,4-6H2,1H3. The fourth-order valence-electron chi connectivity index (χ4n) is 1.92. The molecule has 1 aromatic heterocycles. The lowest BCUT2D eigenvalue weighted by Gasteiger charge is -2.19. The van der Waals surface area contributed by atoms with E-state index >= 15 is 0 Å². The van der Waals surface area contributed by atoms with Crippen LogP contribution in [0.5, 0.6) is 0 Å². The summed E-state index contributed by atoms with van der Waals surface area (Å²) in [5.41, 5.74) is 0. The summed E-state index contributed by atoms with van der Waals surface area (Å²) in [6, 6.07) is 3.34. The highest BCUT2D eigenvalue weighted by molar-refractivity contribution is 9.10. The van der Waals surface area contributed by atoms with Crippen molar-refractivity contribution < 1.29 is 14.3 Å². The van der Waals surface area contributed by atoms with E-state index < -0.39 is 6.10 Å². The van der Waals surface area contributed by atoms with Gasteiger partial charge in [0.15, 0.2) is 4.67 Å². The number of β-amino-alcohol motifs (C(OH)–C–C–N with tert-alkyl or cyclic N) is 1. The highest BCUT2D eigenvalue weighted by atomic mass is 79.9. The molecule has 94 valence electrons. The number of hydrogen-bond acceptors (Lipinski definition) is 4. The lowest BCUT2D eigenvalue weighted by molar-refractivity contribution is -0.132. The van der Waals surface area contributed by atoms with Crippen LogP contribution in [0.3, 0.4) is 0 Å². The first kappa shape index (κ1) is 12.6. The fraction of sp³-hybridized carbons (Fsp3) is 0.545.